The third-order valence-corrected chi connectivity index (χ3v) is 5.81. The summed E-state index contributed by atoms with van der Waals surface area (Å²) in [5.74, 6) is 0.922. The molecule has 1 aromatic carbocycles. The lowest BCUT2D eigenvalue weighted by molar-refractivity contribution is 0.0601. The highest BCUT2D eigenvalue weighted by molar-refractivity contribution is 7.80. The van der Waals surface area contributed by atoms with Crippen LogP contribution in [0.2, 0.25) is 0 Å². The van der Waals surface area contributed by atoms with Crippen LogP contribution in [0.4, 0.5) is 0 Å². The van der Waals surface area contributed by atoms with Crippen LogP contribution < -0.4 is 5.32 Å². The van der Waals surface area contributed by atoms with Crippen LogP contribution in [-0.2, 0) is 9.47 Å². The number of hydrogen-bond donors (Lipinski definition) is 1. The summed E-state index contributed by atoms with van der Waals surface area (Å²) in [6.45, 7) is 1.35. The van der Waals surface area contributed by atoms with Gasteiger partial charge in [-0.25, -0.2) is 4.79 Å². The minimum Gasteiger partial charge on any atom is -0.465 e. The summed E-state index contributed by atoms with van der Waals surface area (Å²) in [5, 5.41) is 4.05. The molecule has 0 bridgehead atoms. The molecular weight excluding hydrogens is 426 g/mol. The lowest BCUT2D eigenvalue weighted by atomic mass is 10.0. The smallest absolute Gasteiger partial charge is 0.338 e. The van der Waals surface area contributed by atoms with Crippen LogP contribution in [0.15, 0.2) is 65.2 Å². The molecule has 2 aromatic heterocycles. The average molecular weight is 452 g/mol. The predicted octanol–water partition coefficient (Wildman–Crippen LogP) is 4.14. The molecule has 0 radical (unpaired) electrons. The number of aromatic nitrogens is 1. The van der Waals surface area contributed by atoms with Crippen molar-refractivity contribution in [1.82, 2.24) is 15.2 Å². The number of pyridine rings is 1. The molecule has 3 aromatic rings. The van der Waals surface area contributed by atoms with Crippen molar-refractivity contribution in [3.8, 4) is 11.3 Å². The normalized spacial score (nSPS) is 17.9. The maximum atomic E-state index is 12.2. The highest BCUT2D eigenvalue weighted by atomic mass is 32.1. The van der Waals surface area contributed by atoms with Gasteiger partial charge in [0.15, 0.2) is 5.11 Å². The molecule has 7 nitrogen and oxygen atoms in total. The third-order valence-electron chi connectivity index (χ3n) is 5.46. The van der Waals surface area contributed by atoms with Gasteiger partial charge in [-0.3, -0.25) is 4.98 Å². The summed E-state index contributed by atoms with van der Waals surface area (Å²) >= 11 is 5.66. The van der Waals surface area contributed by atoms with Gasteiger partial charge < -0.3 is 24.1 Å². The van der Waals surface area contributed by atoms with Crippen LogP contribution in [0.1, 0.15) is 40.3 Å². The summed E-state index contributed by atoms with van der Waals surface area (Å²) < 4.78 is 16.5. The number of hydrogen-bond acceptors (Lipinski definition) is 6. The van der Waals surface area contributed by atoms with Crippen LogP contribution in [0, 0.1) is 0 Å². The standard InChI is InChI=1S/C24H25N3O4S/c1-29-15-7-14-27-22(21(26-24(27)32)18-10-5-6-13-25-18)20-12-11-19(31-20)16-8-3-4-9-17(16)23(28)30-2/h3-6,8-13,21-22H,7,14-15H2,1-2H3,(H,26,32)/t21-,22+/m1/s1. The van der Waals surface area contributed by atoms with Crippen molar-refractivity contribution in [3.05, 3.63) is 77.8 Å². The number of methoxy groups -OCH3 is 2. The van der Waals surface area contributed by atoms with E-state index in [4.69, 9.17) is 26.1 Å². The SMILES string of the molecule is COCCCN1C(=S)N[C@H](c2ccccn2)[C@@H]1c1ccc(-c2ccccc2C(=O)OC)o1. The zero-order chi connectivity index (χ0) is 22.5. The summed E-state index contributed by atoms with van der Waals surface area (Å²) in [6.07, 6.45) is 2.59. The quantitative estimate of drug-likeness (QED) is 0.311. The van der Waals surface area contributed by atoms with Crippen molar-refractivity contribution in [2.24, 2.45) is 0 Å². The third kappa shape index (κ3) is 4.37. The van der Waals surface area contributed by atoms with Gasteiger partial charge in [0.2, 0.25) is 0 Å². The van der Waals surface area contributed by atoms with Gasteiger partial charge in [-0.05, 0) is 49.0 Å². The monoisotopic (exact) mass is 451 g/mol. The van der Waals surface area contributed by atoms with Gasteiger partial charge >= 0.3 is 5.97 Å². The lowest BCUT2D eigenvalue weighted by Gasteiger charge is -2.26. The van der Waals surface area contributed by atoms with E-state index in [1.165, 1.54) is 7.11 Å². The highest BCUT2D eigenvalue weighted by Gasteiger charge is 2.41. The van der Waals surface area contributed by atoms with Crippen molar-refractivity contribution in [2.75, 3.05) is 27.4 Å². The zero-order valence-corrected chi connectivity index (χ0v) is 18.8. The van der Waals surface area contributed by atoms with Crippen molar-refractivity contribution >= 4 is 23.3 Å². The van der Waals surface area contributed by atoms with E-state index >= 15 is 0 Å². The van der Waals surface area contributed by atoms with E-state index in [9.17, 15) is 4.79 Å². The molecular formula is C24H25N3O4S. The highest BCUT2D eigenvalue weighted by Crippen LogP contribution is 2.40. The lowest BCUT2D eigenvalue weighted by Crippen LogP contribution is -2.31. The predicted molar refractivity (Wildman–Crippen MR) is 124 cm³/mol. The Morgan fingerprint density at radius 3 is 2.72 bits per heavy atom. The molecule has 1 fully saturated rings. The first-order chi connectivity index (χ1) is 15.6. The van der Waals surface area contributed by atoms with Crippen molar-refractivity contribution in [3.63, 3.8) is 0 Å². The minimum atomic E-state index is -0.408. The van der Waals surface area contributed by atoms with Crippen LogP contribution >= 0.6 is 12.2 Å². The zero-order valence-electron chi connectivity index (χ0n) is 18.0. The van der Waals surface area contributed by atoms with E-state index in [0.29, 0.717) is 35.2 Å². The number of esters is 1. The molecule has 8 heteroatoms. The number of carbonyl (C=O) groups is 1. The number of furan rings is 1. The largest absolute Gasteiger partial charge is 0.465 e. The Balaban J connectivity index is 1.71. The molecule has 0 unspecified atom stereocenters. The molecule has 1 aliphatic rings. The molecule has 3 heterocycles. The number of thiocarbonyl (C=S) groups is 1. The molecule has 166 valence electrons. The number of carbonyl (C=O) groups excluding carboxylic acids is 1. The van der Waals surface area contributed by atoms with E-state index in [2.05, 4.69) is 15.2 Å². The van der Waals surface area contributed by atoms with Gasteiger partial charge in [0.1, 0.15) is 17.6 Å². The van der Waals surface area contributed by atoms with Gasteiger partial charge in [0, 0.05) is 32.0 Å². The molecule has 2 atom stereocenters. The number of rotatable bonds is 8. The molecule has 0 amide bonds. The Morgan fingerprint density at radius 1 is 1.16 bits per heavy atom. The van der Waals surface area contributed by atoms with Crippen molar-refractivity contribution < 1.29 is 18.7 Å². The molecule has 0 saturated carbocycles. The van der Waals surface area contributed by atoms with E-state index in [-0.39, 0.29) is 12.1 Å². The molecule has 0 spiro atoms. The van der Waals surface area contributed by atoms with Crippen LogP contribution in [-0.4, -0.2) is 48.3 Å². The number of benzene rings is 1. The fourth-order valence-electron chi connectivity index (χ4n) is 3.98. The van der Waals surface area contributed by atoms with Gasteiger partial charge in [0.25, 0.3) is 0 Å². The minimum absolute atomic E-state index is 0.166. The first kappa shape index (κ1) is 22.0. The Labute approximate surface area is 192 Å². The van der Waals surface area contributed by atoms with Crippen LogP contribution in [0.5, 0.6) is 0 Å². The number of nitrogens with one attached hydrogen (secondary N) is 1. The van der Waals surface area contributed by atoms with E-state index in [1.807, 2.05) is 42.5 Å². The summed E-state index contributed by atoms with van der Waals surface area (Å²) in [7, 11) is 3.06. The molecule has 1 N–H and O–H groups in total. The Kier molecular flexibility index (Phi) is 6.82. The first-order valence-electron chi connectivity index (χ1n) is 10.4. The number of nitrogens with zero attached hydrogens (tertiary/aromatic N) is 2. The van der Waals surface area contributed by atoms with E-state index in [1.54, 1.807) is 25.4 Å². The fourth-order valence-corrected chi connectivity index (χ4v) is 4.31. The van der Waals surface area contributed by atoms with Crippen molar-refractivity contribution in [2.45, 2.75) is 18.5 Å². The average Bonchev–Trinajstić information content (AvgIpc) is 3.44. The topological polar surface area (TPSA) is 76.8 Å². The van der Waals surface area contributed by atoms with Crippen LogP contribution in [0.3, 0.4) is 0 Å². The number of ether oxygens (including phenoxy) is 2. The molecule has 32 heavy (non-hydrogen) atoms. The van der Waals surface area contributed by atoms with E-state index < -0.39 is 5.97 Å². The van der Waals surface area contributed by atoms with Crippen LogP contribution in [0.25, 0.3) is 11.3 Å². The second-order valence-electron chi connectivity index (χ2n) is 7.41. The van der Waals surface area contributed by atoms with Gasteiger partial charge in [-0.1, -0.05) is 24.3 Å². The molecule has 1 aliphatic heterocycles. The maximum Gasteiger partial charge on any atom is 0.338 e. The maximum absolute atomic E-state index is 12.2. The molecule has 0 aliphatic carbocycles. The van der Waals surface area contributed by atoms with Gasteiger partial charge in [-0.15, -0.1) is 0 Å². The summed E-state index contributed by atoms with van der Waals surface area (Å²) in [6, 6.07) is 16.5. The van der Waals surface area contributed by atoms with E-state index in [0.717, 1.165) is 17.9 Å². The Bertz CT molecular complexity index is 1090. The second-order valence-corrected chi connectivity index (χ2v) is 7.79. The Hall–Kier alpha value is -3.23. The summed E-state index contributed by atoms with van der Waals surface area (Å²) in [5.41, 5.74) is 2.01. The van der Waals surface area contributed by atoms with Gasteiger partial charge in [0.05, 0.1) is 24.4 Å². The molecule has 4 rings (SSSR count). The first-order valence-corrected chi connectivity index (χ1v) is 10.8. The molecule has 1 saturated heterocycles. The Morgan fingerprint density at radius 2 is 1.97 bits per heavy atom. The fraction of sp³-hybridized carbons (Fsp3) is 0.292. The van der Waals surface area contributed by atoms with Gasteiger partial charge in [-0.2, -0.15) is 0 Å². The summed E-state index contributed by atoms with van der Waals surface area (Å²) in [4.78, 5) is 18.9. The van der Waals surface area contributed by atoms with Crippen molar-refractivity contribution in [1.29, 1.82) is 0 Å². The second kappa shape index (κ2) is 9.93.